The van der Waals surface area contributed by atoms with Crippen LogP contribution in [0.15, 0.2) is 42.7 Å². The molecule has 0 fully saturated rings. The Hall–Kier alpha value is -3.62. The minimum absolute atomic E-state index is 0.00482. The van der Waals surface area contributed by atoms with Gasteiger partial charge in [0.05, 0.1) is 5.39 Å². The number of nitrogen functional groups attached to an aromatic ring is 1. The van der Waals surface area contributed by atoms with E-state index in [2.05, 4.69) is 15.1 Å². The van der Waals surface area contributed by atoms with E-state index in [1.54, 1.807) is 7.05 Å². The van der Waals surface area contributed by atoms with Gasteiger partial charge in [0, 0.05) is 18.7 Å². The van der Waals surface area contributed by atoms with Gasteiger partial charge in [-0.25, -0.2) is 23.4 Å². The molecule has 2 aromatic heterocycles. The van der Waals surface area contributed by atoms with Crippen LogP contribution in [-0.4, -0.2) is 19.7 Å². The third-order valence-corrected chi connectivity index (χ3v) is 3.99. The van der Waals surface area contributed by atoms with E-state index in [1.165, 1.54) is 35.3 Å². The van der Waals surface area contributed by atoms with Crippen LogP contribution in [0.1, 0.15) is 0 Å². The second-order valence-corrected chi connectivity index (χ2v) is 5.73. The lowest BCUT2D eigenvalue weighted by atomic mass is 10.1. The van der Waals surface area contributed by atoms with E-state index < -0.39 is 17.5 Å². The van der Waals surface area contributed by atoms with Crippen molar-refractivity contribution in [3.63, 3.8) is 0 Å². The summed E-state index contributed by atoms with van der Waals surface area (Å²) in [6.45, 7) is 0. The second-order valence-electron chi connectivity index (χ2n) is 5.73. The SMILES string of the molecule is Cn1nc(-c2ccc(Oc3cccc(F)c3F)cc2F)c2c(N)ncnc21. The summed E-state index contributed by atoms with van der Waals surface area (Å²) in [5.74, 6) is -3.05. The summed E-state index contributed by atoms with van der Waals surface area (Å²) in [6, 6.07) is 7.39. The van der Waals surface area contributed by atoms with Gasteiger partial charge in [-0.2, -0.15) is 9.49 Å². The van der Waals surface area contributed by atoms with Crippen LogP contribution in [0.5, 0.6) is 11.5 Å². The zero-order valence-corrected chi connectivity index (χ0v) is 13.9. The van der Waals surface area contributed by atoms with E-state index >= 15 is 0 Å². The van der Waals surface area contributed by atoms with Gasteiger partial charge in [-0.05, 0) is 24.3 Å². The van der Waals surface area contributed by atoms with Crippen LogP contribution < -0.4 is 10.5 Å². The lowest BCUT2D eigenvalue weighted by molar-refractivity contribution is 0.414. The molecule has 4 aromatic rings. The van der Waals surface area contributed by atoms with E-state index in [-0.39, 0.29) is 28.6 Å². The molecule has 0 unspecified atom stereocenters. The first-order valence-electron chi connectivity index (χ1n) is 7.80. The number of nitrogens with zero attached hydrogens (tertiary/aromatic N) is 4. The number of rotatable bonds is 3. The van der Waals surface area contributed by atoms with Crippen molar-refractivity contribution < 1.29 is 17.9 Å². The summed E-state index contributed by atoms with van der Waals surface area (Å²) in [7, 11) is 1.65. The van der Waals surface area contributed by atoms with E-state index in [1.807, 2.05) is 0 Å². The molecule has 0 saturated carbocycles. The summed E-state index contributed by atoms with van der Waals surface area (Å²) in [6.07, 6.45) is 1.30. The molecule has 0 saturated heterocycles. The highest BCUT2D eigenvalue weighted by atomic mass is 19.2. The van der Waals surface area contributed by atoms with Crippen molar-refractivity contribution >= 4 is 16.9 Å². The minimum atomic E-state index is -1.15. The number of nitrogens with two attached hydrogens (primary N) is 1. The quantitative estimate of drug-likeness (QED) is 0.592. The predicted octanol–water partition coefficient (Wildman–Crippen LogP) is 3.82. The highest BCUT2D eigenvalue weighted by Crippen LogP contribution is 2.34. The molecule has 27 heavy (non-hydrogen) atoms. The molecule has 0 radical (unpaired) electrons. The molecule has 2 aromatic carbocycles. The smallest absolute Gasteiger partial charge is 0.201 e. The lowest BCUT2D eigenvalue weighted by Gasteiger charge is -2.09. The van der Waals surface area contributed by atoms with Gasteiger partial charge in [0.25, 0.3) is 0 Å². The summed E-state index contributed by atoms with van der Waals surface area (Å²) in [5, 5.41) is 4.68. The Morgan fingerprint density at radius 1 is 1.04 bits per heavy atom. The van der Waals surface area contributed by atoms with Gasteiger partial charge >= 0.3 is 0 Å². The molecule has 0 aliphatic carbocycles. The topological polar surface area (TPSA) is 78.9 Å². The fraction of sp³-hybridized carbons (Fsp3) is 0.0556. The number of hydrogen-bond acceptors (Lipinski definition) is 5. The maximum absolute atomic E-state index is 14.7. The zero-order valence-electron chi connectivity index (χ0n) is 13.9. The molecule has 0 aliphatic heterocycles. The molecule has 0 atom stereocenters. The number of anilines is 1. The van der Waals surface area contributed by atoms with Crippen LogP contribution in [0.3, 0.4) is 0 Å². The molecule has 0 spiro atoms. The largest absolute Gasteiger partial charge is 0.454 e. The molecule has 6 nitrogen and oxygen atoms in total. The maximum Gasteiger partial charge on any atom is 0.201 e. The Balaban J connectivity index is 1.76. The van der Waals surface area contributed by atoms with Crippen molar-refractivity contribution in [3.8, 4) is 22.8 Å². The van der Waals surface area contributed by atoms with Gasteiger partial charge < -0.3 is 10.5 Å². The van der Waals surface area contributed by atoms with Gasteiger partial charge in [0.15, 0.2) is 17.2 Å². The molecular formula is C18H12F3N5O. The van der Waals surface area contributed by atoms with Gasteiger partial charge in [-0.1, -0.05) is 6.07 Å². The second kappa shape index (κ2) is 6.27. The number of aromatic nitrogens is 4. The fourth-order valence-corrected chi connectivity index (χ4v) is 2.74. The Kier molecular flexibility index (Phi) is 3.91. The van der Waals surface area contributed by atoms with E-state index in [0.29, 0.717) is 11.0 Å². The van der Waals surface area contributed by atoms with Crippen LogP contribution in [0.25, 0.3) is 22.3 Å². The Morgan fingerprint density at radius 3 is 2.63 bits per heavy atom. The number of ether oxygens (including phenoxy) is 1. The Morgan fingerprint density at radius 2 is 1.85 bits per heavy atom. The summed E-state index contributed by atoms with van der Waals surface area (Å²) in [5.41, 5.74) is 6.77. The molecule has 0 bridgehead atoms. The molecule has 0 amide bonds. The monoisotopic (exact) mass is 371 g/mol. The number of fused-ring (bicyclic) bond motifs is 1. The van der Waals surface area contributed by atoms with Crippen LogP contribution >= 0.6 is 0 Å². The third kappa shape index (κ3) is 2.82. The van der Waals surface area contributed by atoms with Crippen molar-refractivity contribution in [2.24, 2.45) is 7.05 Å². The molecule has 9 heteroatoms. The highest BCUT2D eigenvalue weighted by molar-refractivity contribution is 5.98. The van der Waals surface area contributed by atoms with Gasteiger partial charge in [0.1, 0.15) is 29.4 Å². The van der Waals surface area contributed by atoms with Crippen molar-refractivity contribution in [2.75, 3.05) is 5.73 Å². The normalized spacial score (nSPS) is 11.1. The first kappa shape index (κ1) is 16.8. The standard InChI is InChI=1S/C18H12F3N5O/c1-26-18-14(17(22)23-8-24-18)16(25-26)10-6-5-9(7-12(10)20)27-13-4-2-3-11(19)15(13)21/h2-8H,1H3,(H2,22,23,24). The zero-order chi connectivity index (χ0) is 19.1. The van der Waals surface area contributed by atoms with E-state index in [4.69, 9.17) is 10.5 Å². The van der Waals surface area contributed by atoms with Gasteiger partial charge in [-0.15, -0.1) is 0 Å². The van der Waals surface area contributed by atoms with E-state index in [9.17, 15) is 13.2 Å². The number of benzene rings is 2. The van der Waals surface area contributed by atoms with Crippen LogP contribution in [0.4, 0.5) is 19.0 Å². The molecular weight excluding hydrogens is 359 g/mol. The fourth-order valence-electron chi connectivity index (χ4n) is 2.74. The van der Waals surface area contributed by atoms with Crippen LogP contribution in [0, 0.1) is 17.5 Å². The van der Waals surface area contributed by atoms with Crippen LogP contribution in [0.2, 0.25) is 0 Å². The minimum Gasteiger partial charge on any atom is -0.454 e. The maximum atomic E-state index is 14.7. The van der Waals surface area contributed by atoms with Crippen molar-refractivity contribution in [3.05, 3.63) is 60.2 Å². The van der Waals surface area contributed by atoms with Crippen LogP contribution in [-0.2, 0) is 7.05 Å². The summed E-state index contributed by atoms with van der Waals surface area (Å²) < 4.78 is 48.4. The average Bonchev–Trinajstić information content (AvgIpc) is 2.97. The predicted molar refractivity (Wildman–Crippen MR) is 92.5 cm³/mol. The highest BCUT2D eigenvalue weighted by Gasteiger charge is 2.19. The Bertz CT molecular complexity index is 1180. The molecule has 136 valence electrons. The summed E-state index contributed by atoms with van der Waals surface area (Å²) in [4.78, 5) is 8.01. The average molecular weight is 371 g/mol. The molecule has 0 aliphatic rings. The molecule has 2 N–H and O–H groups in total. The number of hydrogen-bond donors (Lipinski definition) is 1. The van der Waals surface area contributed by atoms with E-state index in [0.717, 1.165) is 12.1 Å². The van der Waals surface area contributed by atoms with Crippen molar-refractivity contribution in [1.29, 1.82) is 0 Å². The first-order chi connectivity index (χ1) is 13.0. The third-order valence-electron chi connectivity index (χ3n) is 3.99. The van der Waals surface area contributed by atoms with Gasteiger partial charge in [-0.3, -0.25) is 0 Å². The molecule has 4 rings (SSSR count). The van der Waals surface area contributed by atoms with Crippen molar-refractivity contribution in [2.45, 2.75) is 0 Å². The number of halogens is 3. The van der Waals surface area contributed by atoms with Gasteiger partial charge in [0.2, 0.25) is 5.82 Å². The first-order valence-corrected chi connectivity index (χ1v) is 7.80. The summed E-state index contributed by atoms with van der Waals surface area (Å²) >= 11 is 0. The van der Waals surface area contributed by atoms with Crippen molar-refractivity contribution in [1.82, 2.24) is 19.7 Å². The number of aryl methyl sites for hydroxylation is 1. The lowest BCUT2D eigenvalue weighted by Crippen LogP contribution is -1.95. The molecule has 2 heterocycles. The Labute approximate surface area is 151 Å².